The predicted molar refractivity (Wildman–Crippen MR) is 397 cm³/mol. The maximum atomic E-state index is 15.4. The number of rotatable bonds is 29. The van der Waals surface area contributed by atoms with Crippen LogP contribution in [0.1, 0.15) is 127 Å². The number of aromatic nitrogens is 2. The minimum absolute atomic E-state index is 0.104. The van der Waals surface area contributed by atoms with Gasteiger partial charge in [-0.2, -0.15) is 0 Å². The van der Waals surface area contributed by atoms with Crippen LogP contribution in [-0.2, 0) is 87.9 Å². The van der Waals surface area contributed by atoms with Crippen LogP contribution in [0, 0.1) is 5.92 Å². The molecule has 23 N–H and O–H groups in total. The molecular weight excluding hydrogens is 1480 g/mol. The smallest absolute Gasteiger partial charge is 0.355 e. The lowest BCUT2D eigenvalue weighted by Gasteiger charge is -2.29. The first-order chi connectivity index (χ1) is 53.6. The molecule has 610 valence electrons. The topological polar surface area (TPSA) is 634 Å². The molecule has 1 aliphatic rings. The number of aliphatic hydroxyl groups is 3. The molecule has 1 unspecified atom stereocenters. The summed E-state index contributed by atoms with van der Waals surface area (Å²) in [5.74, 6) is -24.4. The van der Waals surface area contributed by atoms with E-state index in [0.717, 1.165) is 81.9 Å². The van der Waals surface area contributed by atoms with Crippen LogP contribution in [0.3, 0.4) is 0 Å². The standard InChI is InChI=1S/C74H94N14O25/c1-37(2)16-10-8-6-4-5-7-9-11-21-54(91)79-53(36-89)70(108)87-60-38(3)113-74(112)52(29-41-34-77-46-20-15-13-18-44(41)46)85-66(104)47(26-27-56(93)94)80-73(111)62(63(101)64(75)102)86-55(92)35-78-65(103)49(30-57(95)96)84-72(110)61(39-22-24-42(90)25-23-39)88-69(107)51(32-59(99)100)82-68(106)50(31-58(97)98)81-67(105)48(83-71(60)109)28-40-33-76-45-19-14-12-17-43(40)45/h11-15,17-25,29,33-34,37-38,47-51,53,60-63,65,76-78,89-90,101,103H,4-10,16,26-28,30-32,35-36H2,1-3H3,(H2,75,102)(H,79,91)(H,80,111)(H,81,105)(H,82,106)(H,83,109)(H,84,110)(H,85,104)(H,86,92)(H,87,108)(H,88,107)(H,93,94)(H,95,96)(H,97,98)(H,99,100)/b21-11+,52-29-/t38-,47-,48-,49+,50+,51+,53+,60+,61-,62-,63+,65?/m1/s1. The number of para-hydroxylation sites is 2. The monoisotopic (exact) mass is 1580 g/mol. The summed E-state index contributed by atoms with van der Waals surface area (Å²) in [6.07, 6.45) is 0.132. The fourth-order valence-electron chi connectivity index (χ4n) is 11.8. The number of amides is 11. The van der Waals surface area contributed by atoms with Gasteiger partial charge in [-0.1, -0.05) is 107 Å². The van der Waals surface area contributed by atoms with E-state index < -0.39 is 231 Å². The Bertz CT molecular complexity index is 4330. The Labute approximate surface area is 644 Å². The van der Waals surface area contributed by atoms with Gasteiger partial charge in [0.1, 0.15) is 72.1 Å². The number of nitrogens with two attached hydrogens (primary N) is 1. The van der Waals surface area contributed by atoms with Gasteiger partial charge in [-0.15, -0.1) is 0 Å². The van der Waals surface area contributed by atoms with Crippen molar-refractivity contribution < 1.29 is 122 Å². The second-order valence-corrected chi connectivity index (χ2v) is 27.1. The number of aromatic hydroxyl groups is 1. The van der Waals surface area contributed by atoms with E-state index >= 15 is 14.4 Å². The van der Waals surface area contributed by atoms with Gasteiger partial charge >= 0.3 is 29.8 Å². The third-order valence-electron chi connectivity index (χ3n) is 17.8. The molecule has 113 heavy (non-hydrogen) atoms. The van der Waals surface area contributed by atoms with Crippen LogP contribution in [0.2, 0.25) is 0 Å². The zero-order valence-corrected chi connectivity index (χ0v) is 61.7. The minimum Gasteiger partial charge on any atom is -0.508 e. The number of fused-ring (bicyclic) bond motifs is 2. The number of esters is 1. The summed E-state index contributed by atoms with van der Waals surface area (Å²) in [6, 6.07) is -2.92. The van der Waals surface area contributed by atoms with Crippen molar-refractivity contribution in [2.24, 2.45) is 11.7 Å². The van der Waals surface area contributed by atoms with Crippen molar-refractivity contribution >= 4 is 123 Å². The van der Waals surface area contributed by atoms with Crippen LogP contribution in [0.15, 0.2) is 103 Å². The van der Waals surface area contributed by atoms with E-state index in [-0.39, 0.29) is 16.7 Å². The number of hydrogen-bond acceptors (Lipinski definition) is 22. The number of phenolic OH excluding ortho intramolecular Hbond substituents is 1. The number of nitrogens with one attached hydrogen (secondary N) is 13. The summed E-state index contributed by atoms with van der Waals surface area (Å²) in [5.41, 5.74) is 5.43. The van der Waals surface area contributed by atoms with Gasteiger partial charge in [0.05, 0.1) is 38.5 Å². The van der Waals surface area contributed by atoms with E-state index in [1.807, 2.05) is 10.6 Å². The van der Waals surface area contributed by atoms with Gasteiger partial charge in [-0.25, -0.2) is 4.79 Å². The number of cyclic esters (lactones) is 1. The lowest BCUT2D eigenvalue weighted by molar-refractivity contribution is -0.150. The van der Waals surface area contributed by atoms with Crippen LogP contribution in [-0.4, -0.2) is 226 Å². The highest BCUT2D eigenvalue weighted by molar-refractivity contribution is 6.05. The zero-order valence-electron chi connectivity index (χ0n) is 61.7. The SMILES string of the molecule is CC(C)CCCCCCCC/C=C/C(=O)N[C@@H](CO)C(=O)N[C@@H]1C(=O)N[C@H](Cc2c[nH]c3ccccc23)C(=O)N[C@@H](CC(=O)O)C(=O)N[C@@H](CC(=O)O)C(=O)N[C@H](c2ccc(O)cc2)C(=O)N[C@@H](CC(=O)O)C(O)NCC(=O)N[C@H]([C@H](O)C(N)=O)C(=O)N[C@H](CCC(=O)O)C(=O)N/C(=C\c2c[nH]c3ccccc23)C(=O)O[C@@H]1C. The van der Waals surface area contributed by atoms with E-state index in [9.17, 15) is 103 Å². The van der Waals surface area contributed by atoms with Gasteiger partial charge in [0.2, 0.25) is 65.0 Å². The number of H-pyrrole nitrogens is 2. The molecule has 1 saturated heterocycles. The zero-order chi connectivity index (χ0) is 83.2. The van der Waals surface area contributed by atoms with Gasteiger partial charge in [0, 0.05) is 52.6 Å². The number of phenols is 1. The molecule has 0 radical (unpaired) electrons. The highest BCUT2D eigenvalue weighted by Gasteiger charge is 2.41. The summed E-state index contributed by atoms with van der Waals surface area (Å²) in [7, 11) is 0. The van der Waals surface area contributed by atoms with Crippen LogP contribution in [0.25, 0.3) is 27.9 Å². The molecule has 0 saturated carbocycles. The Hall–Kier alpha value is -12.6. The molecular formula is C74H94N14O25. The molecule has 3 heterocycles. The van der Waals surface area contributed by atoms with Crippen molar-refractivity contribution in [1.82, 2.24) is 68.5 Å². The van der Waals surface area contributed by atoms with Crippen molar-refractivity contribution in [1.29, 1.82) is 0 Å². The number of carbonyl (C=O) groups excluding carboxylic acids is 12. The maximum Gasteiger partial charge on any atom is 0.355 e. The number of unbranched alkanes of at least 4 members (excludes halogenated alkanes) is 6. The van der Waals surface area contributed by atoms with Gasteiger partial charge in [-0.05, 0) is 79.6 Å². The molecule has 6 rings (SSSR count). The number of ether oxygens (including phenoxy) is 1. The molecule has 0 aliphatic carbocycles. The molecule has 0 spiro atoms. The summed E-state index contributed by atoms with van der Waals surface area (Å²) < 4.78 is 5.87. The molecule has 11 amide bonds. The summed E-state index contributed by atoms with van der Waals surface area (Å²) in [6.45, 7) is 2.93. The second kappa shape index (κ2) is 43.7. The van der Waals surface area contributed by atoms with Gasteiger partial charge in [0.15, 0.2) is 6.10 Å². The van der Waals surface area contributed by atoms with Crippen LogP contribution < -0.4 is 64.2 Å². The summed E-state index contributed by atoms with van der Waals surface area (Å²) >= 11 is 0. The number of benzene rings is 3. The summed E-state index contributed by atoms with van der Waals surface area (Å²) in [5, 5.41) is 108. The molecule has 39 nitrogen and oxygen atoms in total. The number of carbonyl (C=O) groups is 16. The average Bonchev–Trinajstić information content (AvgIpc) is 1.76. The van der Waals surface area contributed by atoms with Crippen LogP contribution in [0.5, 0.6) is 5.75 Å². The third-order valence-corrected chi connectivity index (χ3v) is 17.8. The number of primary amides is 1. The van der Waals surface area contributed by atoms with E-state index in [4.69, 9.17) is 10.5 Å². The van der Waals surface area contributed by atoms with Gasteiger partial charge in [-0.3, -0.25) is 77.2 Å². The van der Waals surface area contributed by atoms with E-state index in [1.165, 1.54) is 18.5 Å². The largest absolute Gasteiger partial charge is 0.508 e. The molecule has 12 atom stereocenters. The Morgan fingerprint density at radius 2 is 1.19 bits per heavy atom. The lowest BCUT2D eigenvalue weighted by Crippen LogP contribution is -2.62. The molecule has 0 bridgehead atoms. The molecule has 1 fully saturated rings. The molecule has 39 heteroatoms. The first kappa shape index (κ1) is 89.3. The van der Waals surface area contributed by atoms with Crippen LogP contribution >= 0.6 is 0 Å². The van der Waals surface area contributed by atoms with Gasteiger partial charge < -0.3 is 114 Å². The highest BCUT2D eigenvalue weighted by Crippen LogP contribution is 2.24. The average molecular weight is 1580 g/mol. The van der Waals surface area contributed by atoms with E-state index in [0.29, 0.717) is 40.6 Å². The fourth-order valence-corrected chi connectivity index (χ4v) is 11.8. The van der Waals surface area contributed by atoms with Crippen molar-refractivity contribution in [2.75, 3.05) is 13.2 Å². The Morgan fingerprint density at radius 1 is 0.628 bits per heavy atom. The normalized spacial score (nSPS) is 22.2. The third kappa shape index (κ3) is 28.3. The minimum atomic E-state index is -2.71. The first-order valence-corrected chi connectivity index (χ1v) is 36.0. The number of aliphatic carboxylic acids is 4. The van der Waals surface area contributed by atoms with Crippen molar-refractivity contribution in [3.05, 3.63) is 120 Å². The number of carboxylic acid groups (broad SMARTS) is 4. The molecule has 3 aromatic carbocycles. The molecule has 1 aliphatic heterocycles. The highest BCUT2D eigenvalue weighted by atomic mass is 16.5. The van der Waals surface area contributed by atoms with Crippen molar-refractivity contribution in [2.45, 2.75) is 183 Å². The Balaban J connectivity index is 1.51. The van der Waals surface area contributed by atoms with E-state index in [2.05, 4.69) is 71.7 Å². The van der Waals surface area contributed by atoms with Crippen LogP contribution in [0.4, 0.5) is 0 Å². The number of carboxylic acids is 4. The lowest BCUT2D eigenvalue weighted by atomic mass is 10.0. The predicted octanol–water partition coefficient (Wildman–Crippen LogP) is -1.90. The Kier molecular flexibility index (Phi) is 34.5. The quantitative estimate of drug-likeness (QED) is 0.0141. The number of aromatic amines is 2. The second-order valence-electron chi connectivity index (χ2n) is 27.1. The van der Waals surface area contributed by atoms with Crippen molar-refractivity contribution in [3.8, 4) is 5.75 Å². The fraction of sp³-hybridized carbons (Fsp3) is 0.432. The number of allylic oxidation sites excluding steroid dienone is 1. The first-order valence-electron chi connectivity index (χ1n) is 36.0. The van der Waals surface area contributed by atoms with E-state index in [1.54, 1.807) is 48.5 Å². The Morgan fingerprint density at radius 3 is 1.81 bits per heavy atom. The summed E-state index contributed by atoms with van der Waals surface area (Å²) in [4.78, 5) is 228. The molecule has 5 aromatic rings. The molecule has 2 aromatic heterocycles. The van der Waals surface area contributed by atoms with Crippen molar-refractivity contribution in [3.63, 3.8) is 0 Å². The van der Waals surface area contributed by atoms with Gasteiger partial charge in [0.25, 0.3) is 0 Å². The maximum absolute atomic E-state index is 15.4. The number of hydrogen-bond donors (Lipinski definition) is 22. The number of aliphatic hydroxyl groups excluding tert-OH is 3.